The van der Waals surface area contributed by atoms with Crippen LogP contribution in [0.2, 0.25) is 0 Å². The summed E-state index contributed by atoms with van der Waals surface area (Å²) < 4.78 is 0. The van der Waals surface area contributed by atoms with Gasteiger partial charge in [0.2, 0.25) is 0 Å². The van der Waals surface area contributed by atoms with Gasteiger partial charge in [0.05, 0.1) is 0 Å². The van der Waals surface area contributed by atoms with Gasteiger partial charge in [-0.2, -0.15) is 5.10 Å². The fourth-order valence-corrected chi connectivity index (χ4v) is 2.71. The Kier molecular flexibility index (Phi) is 2.21. The van der Waals surface area contributed by atoms with Crippen LogP contribution in [0.4, 0.5) is 0 Å². The van der Waals surface area contributed by atoms with E-state index in [1.54, 1.807) is 0 Å². The summed E-state index contributed by atoms with van der Waals surface area (Å²) in [5, 5.41) is 10.2. The molecule has 1 aromatic rings. The first-order chi connectivity index (χ1) is 7.74. The van der Waals surface area contributed by atoms with Crippen molar-refractivity contribution in [2.75, 3.05) is 26.2 Å². The van der Waals surface area contributed by atoms with Gasteiger partial charge in [0.1, 0.15) is 5.69 Å². The number of hydrogen-bond donors (Lipinski definition) is 2. The van der Waals surface area contributed by atoms with Gasteiger partial charge in [-0.05, 0) is 24.8 Å². The Balaban J connectivity index is 1.73. The maximum absolute atomic E-state index is 12.1. The fraction of sp³-hybridized carbons (Fsp3) is 0.636. The second-order valence-electron chi connectivity index (χ2n) is 4.82. The summed E-state index contributed by atoms with van der Waals surface area (Å²) in [6.07, 6.45) is 0. The number of hydrogen-bond acceptors (Lipinski definition) is 3. The van der Waals surface area contributed by atoms with Crippen molar-refractivity contribution in [2.45, 2.75) is 6.92 Å². The van der Waals surface area contributed by atoms with Crippen LogP contribution in [-0.4, -0.2) is 47.2 Å². The number of aromatic nitrogens is 2. The SMILES string of the molecule is Cc1cc(C(=O)N2CC3CNCC3C2)n[nH]1. The summed E-state index contributed by atoms with van der Waals surface area (Å²) in [5.74, 6) is 1.35. The highest BCUT2D eigenvalue weighted by atomic mass is 16.2. The average molecular weight is 220 g/mol. The monoisotopic (exact) mass is 220 g/mol. The van der Waals surface area contributed by atoms with Crippen LogP contribution < -0.4 is 5.32 Å². The molecule has 2 aliphatic heterocycles. The van der Waals surface area contributed by atoms with Crippen molar-refractivity contribution in [3.8, 4) is 0 Å². The largest absolute Gasteiger partial charge is 0.337 e. The van der Waals surface area contributed by atoms with E-state index in [1.807, 2.05) is 17.9 Å². The molecule has 2 aliphatic rings. The number of aryl methyl sites for hydroxylation is 1. The number of nitrogens with zero attached hydrogens (tertiary/aromatic N) is 2. The minimum absolute atomic E-state index is 0.0683. The van der Waals surface area contributed by atoms with Crippen LogP contribution in [-0.2, 0) is 0 Å². The highest BCUT2D eigenvalue weighted by Crippen LogP contribution is 2.27. The van der Waals surface area contributed by atoms with E-state index in [1.165, 1.54) is 0 Å². The molecule has 1 amide bonds. The lowest BCUT2D eigenvalue weighted by atomic mass is 10.0. The second-order valence-corrected chi connectivity index (χ2v) is 4.82. The standard InChI is InChI=1S/C11H16N4O/c1-7-2-10(14-13-7)11(16)15-5-8-3-12-4-9(8)6-15/h2,8-9,12H,3-6H2,1H3,(H,13,14). The van der Waals surface area contributed by atoms with Crippen LogP contribution in [0.3, 0.4) is 0 Å². The molecule has 2 saturated heterocycles. The molecule has 2 fully saturated rings. The van der Waals surface area contributed by atoms with E-state index in [9.17, 15) is 4.79 Å². The van der Waals surface area contributed by atoms with Crippen molar-refractivity contribution in [1.82, 2.24) is 20.4 Å². The molecular weight excluding hydrogens is 204 g/mol. The highest BCUT2D eigenvalue weighted by molar-refractivity contribution is 5.92. The average Bonchev–Trinajstić information content (AvgIpc) is 2.89. The normalized spacial score (nSPS) is 28.4. The van der Waals surface area contributed by atoms with E-state index in [0.29, 0.717) is 17.5 Å². The van der Waals surface area contributed by atoms with Gasteiger partial charge in [-0.3, -0.25) is 9.89 Å². The van der Waals surface area contributed by atoms with Crippen LogP contribution >= 0.6 is 0 Å². The van der Waals surface area contributed by atoms with Gasteiger partial charge in [0.25, 0.3) is 5.91 Å². The number of rotatable bonds is 1. The number of fused-ring (bicyclic) bond motifs is 1. The Labute approximate surface area is 94.2 Å². The zero-order chi connectivity index (χ0) is 11.1. The molecule has 0 aliphatic carbocycles. The predicted molar refractivity (Wildman–Crippen MR) is 59.1 cm³/mol. The molecular formula is C11H16N4O. The number of amides is 1. The minimum Gasteiger partial charge on any atom is -0.337 e. The molecule has 1 aromatic heterocycles. The molecule has 5 nitrogen and oxygen atoms in total. The lowest BCUT2D eigenvalue weighted by Gasteiger charge is -2.15. The van der Waals surface area contributed by atoms with Gasteiger partial charge in [0.15, 0.2) is 0 Å². The maximum atomic E-state index is 12.1. The molecule has 86 valence electrons. The molecule has 2 atom stereocenters. The van der Waals surface area contributed by atoms with Crippen LogP contribution in [0, 0.1) is 18.8 Å². The zero-order valence-electron chi connectivity index (χ0n) is 9.36. The Morgan fingerprint density at radius 3 is 2.69 bits per heavy atom. The Morgan fingerprint density at radius 2 is 2.12 bits per heavy atom. The number of H-pyrrole nitrogens is 1. The van der Waals surface area contributed by atoms with Crippen LogP contribution in [0.15, 0.2) is 6.07 Å². The third kappa shape index (κ3) is 1.51. The first-order valence-corrected chi connectivity index (χ1v) is 5.76. The molecule has 0 saturated carbocycles. The predicted octanol–water partition coefficient (Wildman–Crippen LogP) is 0.00952. The van der Waals surface area contributed by atoms with Crippen LogP contribution in [0.25, 0.3) is 0 Å². The van der Waals surface area contributed by atoms with E-state index in [4.69, 9.17) is 0 Å². The van der Waals surface area contributed by atoms with Gasteiger partial charge in [0, 0.05) is 31.9 Å². The van der Waals surface area contributed by atoms with Crippen molar-refractivity contribution < 1.29 is 4.79 Å². The Bertz CT molecular complexity index is 402. The smallest absolute Gasteiger partial charge is 0.274 e. The lowest BCUT2D eigenvalue weighted by molar-refractivity contribution is 0.0776. The molecule has 3 heterocycles. The third-order valence-electron chi connectivity index (χ3n) is 3.60. The number of likely N-dealkylation sites (tertiary alicyclic amines) is 1. The molecule has 0 aromatic carbocycles. The Hall–Kier alpha value is -1.36. The molecule has 0 radical (unpaired) electrons. The van der Waals surface area contributed by atoms with E-state index in [-0.39, 0.29) is 5.91 Å². The van der Waals surface area contributed by atoms with Gasteiger partial charge in [-0.1, -0.05) is 0 Å². The molecule has 16 heavy (non-hydrogen) atoms. The van der Waals surface area contributed by atoms with Crippen molar-refractivity contribution in [3.63, 3.8) is 0 Å². The van der Waals surface area contributed by atoms with Crippen molar-refractivity contribution in [2.24, 2.45) is 11.8 Å². The lowest BCUT2D eigenvalue weighted by Crippen LogP contribution is -2.32. The zero-order valence-corrected chi connectivity index (χ0v) is 9.36. The van der Waals surface area contributed by atoms with Crippen LogP contribution in [0.1, 0.15) is 16.2 Å². The first-order valence-electron chi connectivity index (χ1n) is 5.76. The number of carbonyl (C=O) groups excluding carboxylic acids is 1. The molecule has 2 unspecified atom stereocenters. The van der Waals surface area contributed by atoms with E-state index >= 15 is 0 Å². The highest BCUT2D eigenvalue weighted by Gasteiger charge is 2.38. The summed E-state index contributed by atoms with van der Waals surface area (Å²) in [5.41, 5.74) is 1.48. The third-order valence-corrected chi connectivity index (χ3v) is 3.60. The molecule has 5 heteroatoms. The van der Waals surface area contributed by atoms with Gasteiger partial charge < -0.3 is 10.2 Å². The van der Waals surface area contributed by atoms with Gasteiger partial charge in [-0.25, -0.2) is 0 Å². The van der Waals surface area contributed by atoms with Gasteiger partial charge >= 0.3 is 0 Å². The molecule has 2 N–H and O–H groups in total. The number of aromatic amines is 1. The number of carbonyl (C=O) groups is 1. The maximum Gasteiger partial charge on any atom is 0.274 e. The minimum atomic E-state index is 0.0683. The van der Waals surface area contributed by atoms with Crippen molar-refractivity contribution >= 4 is 5.91 Å². The summed E-state index contributed by atoms with van der Waals surface area (Å²) in [4.78, 5) is 14.1. The van der Waals surface area contributed by atoms with Crippen LogP contribution in [0.5, 0.6) is 0 Å². The summed E-state index contributed by atoms with van der Waals surface area (Å²) >= 11 is 0. The second kappa shape index (κ2) is 3.59. The molecule has 3 rings (SSSR count). The fourth-order valence-electron chi connectivity index (χ4n) is 2.71. The van der Waals surface area contributed by atoms with E-state index in [0.717, 1.165) is 31.9 Å². The topological polar surface area (TPSA) is 61.0 Å². The van der Waals surface area contributed by atoms with E-state index < -0.39 is 0 Å². The van der Waals surface area contributed by atoms with Crippen molar-refractivity contribution in [3.05, 3.63) is 17.5 Å². The summed E-state index contributed by atoms with van der Waals surface area (Å²) in [6, 6.07) is 1.81. The molecule has 0 spiro atoms. The first kappa shape index (κ1) is 9.84. The number of nitrogens with one attached hydrogen (secondary N) is 2. The molecule has 0 bridgehead atoms. The summed E-state index contributed by atoms with van der Waals surface area (Å²) in [7, 11) is 0. The quantitative estimate of drug-likeness (QED) is 0.701. The van der Waals surface area contributed by atoms with Crippen molar-refractivity contribution in [1.29, 1.82) is 0 Å². The van der Waals surface area contributed by atoms with Gasteiger partial charge in [-0.15, -0.1) is 0 Å². The Morgan fingerprint density at radius 1 is 1.44 bits per heavy atom. The van der Waals surface area contributed by atoms with E-state index in [2.05, 4.69) is 15.5 Å². The summed E-state index contributed by atoms with van der Waals surface area (Å²) in [6.45, 7) is 5.76.